The van der Waals surface area contributed by atoms with Gasteiger partial charge in [0.2, 0.25) is 0 Å². The fourth-order valence-electron chi connectivity index (χ4n) is 3.81. The molecule has 1 aromatic carbocycles. The molecule has 0 aliphatic carbocycles. The molecule has 194 valence electrons. The number of thiazole rings is 1. The maximum Gasteiger partial charge on any atom is 0.414 e. The Bertz CT molecular complexity index is 1090. The highest BCUT2D eigenvalue weighted by molar-refractivity contribution is 7.09. The summed E-state index contributed by atoms with van der Waals surface area (Å²) in [4.78, 5) is 31.9. The molecule has 2 fully saturated rings. The minimum atomic E-state index is -2.72. The van der Waals surface area contributed by atoms with Crippen LogP contribution in [-0.4, -0.2) is 73.9 Å². The summed E-state index contributed by atoms with van der Waals surface area (Å²) in [5.41, 5.74) is 3.22. The Kier molecular flexibility index (Phi) is 8.15. The highest BCUT2D eigenvalue weighted by Gasteiger charge is 2.33. The van der Waals surface area contributed by atoms with Crippen molar-refractivity contribution < 1.29 is 27.5 Å². The number of benzene rings is 1. The minimum Gasteiger partial charge on any atom is -0.442 e. The highest BCUT2D eigenvalue weighted by atomic mass is 32.1. The summed E-state index contributed by atoms with van der Waals surface area (Å²) in [7, 11) is 0. The summed E-state index contributed by atoms with van der Waals surface area (Å²) in [6.07, 6.45) is -2.42. The van der Waals surface area contributed by atoms with E-state index in [0.717, 1.165) is 5.01 Å². The molecule has 3 N–H and O–H groups in total. The smallest absolute Gasteiger partial charge is 0.414 e. The summed E-state index contributed by atoms with van der Waals surface area (Å²) in [6.45, 7) is 5.19. The van der Waals surface area contributed by atoms with Crippen molar-refractivity contribution in [1.29, 1.82) is 0 Å². The van der Waals surface area contributed by atoms with E-state index in [1.165, 1.54) is 27.3 Å². The third-order valence-electron chi connectivity index (χ3n) is 5.68. The largest absolute Gasteiger partial charge is 0.442 e. The second kappa shape index (κ2) is 11.5. The Labute approximate surface area is 209 Å². The topological polar surface area (TPSA) is 102 Å². The van der Waals surface area contributed by atoms with Gasteiger partial charge in [-0.15, -0.1) is 11.3 Å². The molecule has 0 bridgehead atoms. The lowest BCUT2D eigenvalue weighted by Crippen LogP contribution is -2.48. The monoisotopic (exact) mass is 525 g/mol. The van der Waals surface area contributed by atoms with Crippen molar-refractivity contribution in [2.24, 2.45) is 0 Å². The van der Waals surface area contributed by atoms with E-state index in [2.05, 4.69) is 27.6 Å². The first kappa shape index (κ1) is 25.6. The zero-order valence-corrected chi connectivity index (χ0v) is 20.1. The number of allylic oxidation sites excluding steroid dienone is 1. The van der Waals surface area contributed by atoms with E-state index < -0.39 is 30.1 Å². The number of anilines is 2. The van der Waals surface area contributed by atoms with Gasteiger partial charge in [-0.1, -0.05) is 6.58 Å². The number of rotatable bonds is 8. The van der Waals surface area contributed by atoms with Gasteiger partial charge in [0, 0.05) is 31.2 Å². The summed E-state index contributed by atoms with van der Waals surface area (Å²) in [5, 5.41) is 9.33. The van der Waals surface area contributed by atoms with Gasteiger partial charge in [-0.25, -0.2) is 33.2 Å². The van der Waals surface area contributed by atoms with Gasteiger partial charge in [-0.3, -0.25) is 9.91 Å². The van der Waals surface area contributed by atoms with Crippen LogP contribution in [0.2, 0.25) is 0 Å². The van der Waals surface area contributed by atoms with Crippen LogP contribution >= 0.6 is 11.3 Å². The first-order valence-corrected chi connectivity index (χ1v) is 12.1. The van der Waals surface area contributed by atoms with Crippen molar-refractivity contribution >= 4 is 34.8 Å². The molecule has 3 heterocycles. The van der Waals surface area contributed by atoms with Crippen molar-refractivity contribution in [3.05, 3.63) is 52.9 Å². The van der Waals surface area contributed by atoms with Gasteiger partial charge in [0.25, 0.3) is 6.43 Å². The molecule has 36 heavy (non-hydrogen) atoms. The van der Waals surface area contributed by atoms with Gasteiger partial charge in [-0.2, -0.15) is 0 Å². The van der Waals surface area contributed by atoms with Crippen molar-refractivity contribution in [3.63, 3.8) is 0 Å². The van der Waals surface area contributed by atoms with E-state index in [1.54, 1.807) is 18.3 Å². The lowest BCUT2D eigenvalue weighted by molar-refractivity contribution is 0.136. The minimum absolute atomic E-state index is 0.0271. The number of nitrogens with zero attached hydrogens (tertiary/aromatic N) is 4. The summed E-state index contributed by atoms with van der Waals surface area (Å²) >= 11 is 1.45. The Balaban J connectivity index is 1.32. The number of cyclic esters (lactones) is 1. The molecule has 10 nitrogen and oxygen atoms in total. The van der Waals surface area contributed by atoms with Crippen molar-refractivity contribution in [3.8, 4) is 0 Å². The molecule has 2 aliphatic rings. The van der Waals surface area contributed by atoms with Crippen LogP contribution in [0.15, 0.2) is 42.1 Å². The zero-order valence-electron chi connectivity index (χ0n) is 19.3. The first-order valence-electron chi connectivity index (χ1n) is 11.2. The number of hydrogen-bond acceptors (Lipinski definition) is 8. The van der Waals surface area contributed by atoms with Crippen molar-refractivity contribution in [2.45, 2.75) is 19.1 Å². The Morgan fingerprint density at radius 1 is 1.31 bits per heavy atom. The van der Waals surface area contributed by atoms with Gasteiger partial charge in [0.1, 0.15) is 16.9 Å². The van der Waals surface area contributed by atoms with Crippen LogP contribution in [0.3, 0.4) is 0 Å². The molecule has 1 aromatic heterocycles. The molecule has 0 saturated carbocycles. The maximum absolute atomic E-state index is 15.1. The number of hydrogen-bond donors (Lipinski definition) is 3. The fraction of sp³-hybridized carbons (Fsp3) is 0.409. The van der Waals surface area contributed by atoms with Crippen LogP contribution < -0.4 is 25.9 Å². The highest BCUT2D eigenvalue weighted by Crippen LogP contribution is 2.28. The third-order valence-corrected chi connectivity index (χ3v) is 6.45. The zero-order chi connectivity index (χ0) is 25.7. The van der Waals surface area contributed by atoms with Crippen molar-refractivity contribution in [1.82, 2.24) is 26.1 Å². The molecule has 3 amide bonds. The number of carbonyl (C=O) groups excluding carboxylic acids is 2. The SMILES string of the molecule is C=C(NC[C@H]1CN(c2ccc(N3CCNN(C(=O)NCc4nccs4)CC3)c(F)c2)C(=O)O1)C(F)F. The molecular weight excluding hydrogens is 499 g/mol. The molecule has 2 aromatic rings. The molecule has 2 saturated heterocycles. The molecule has 4 rings (SSSR count). The molecular formula is C22H26F3N7O3S. The van der Waals surface area contributed by atoms with Crippen LogP contribution in [0.4, 0.5) is 34.1 Å². The van der Waals surface area contributed by atoms with Gasteiger partial charge in [0.15, 0.2) is 0 Å². The van der Waals surface area contributed by atoms with E-state index in [9.17, 15) is 18.4 Å². The quantitative estimate of drug-likeness (QED) is 0.487. The van der Waals surface area contributed by atoms with E-state index in [0.29, 0.717) is 44.1 Å². The van der Waals surface area contributed by atoms with E-state index in [-0.39, 0.29) is 19.1 Å². The number of aromatic nitrogens is 1. The van der Waals surface area contributed by atoms with E-state index in [4.69, 9.17) is 4.74 Å². The second-order valence-electron chi connectivity index (χ2n) is 8.09. The predicted molar refractivity (Wildman–Crippen MR) is 128 cm³/mol. The van der Waals surface area contributed by atoms with E-state index >= 15 is 4.39 Å². The third kappa shape index (κ3) is 6.18. The number of amides is 3. The number of urea groups is 1. The van der Waals surface area contributed by atoms with Gasteiger partial charge >= 0.3 is 12.1 Å². The molecule has 1 atom stereocenters. The van der Waals surface area contributed by atoms with Crippen molar-refractivity contribution in [2.75, 3.05) is 49.1 Å². The molecule has 0 unspecified atom stereocenters. The first-order chi connectivity index (χ1) is 17.3. The van der Waals surface area contributed by atoms with Gasteiger partial charge < -0.3 is 20.3 Å². The standard InChI is InChI=1S/C22H26F3N7O3S/c1-14(20(24)25)27-11-16-13-31(22(34)35-16)15-2-3-18(17(23)10-15)30-6-4-29-32(8-7-30)21(33)28-12-19-26-5-9-36-19/h2-3,5,9-10,16,20,27,29H,1,4,6-8,11-13H2,(H,28,33)/t16-/m0/s1. The second-order valence-corrected chi connectivity index (χ2v) is 9.07. The predicted octanol–water partition coefficient (Wildman–Crippen LogP) is 2.51. The summed E-state index contributed by atoms with van der Waals surface area (Å²) < 4.78 is 45.4. The van der Waals surface area contributed by atoms with Gasteiger partial charge in [-0.05, 0) is 18.2 Å². The maximum atomic E-state index is 15.1. The number of alkyl halides is 2. The van der Waals surface area contributed by atoms with Crippen LogP contribution in [-0.2, 0) is 11.3 Å². The molecule has 14 heteroatoms. The number of carbonyl (C=O) groups is 2. The number of nitrogens with one attached hydrogen (secondary N) is 3. The fourth-order valence-corrected chi connectivity index (χ4v) is 4.37. The van der Waals surface area contributed by atoms with Crippen LogP contribution in [0.25, 0.3) is 0 Å². The van der Waals surface area contributed by atoms with Crippen LogP contribution in [0.5, 0.6) is 0 Å². The lowest BCUT2D eigenvalue weighted by Gasteiger charge is -2.24. The summed E-state index contributed by atoms with van der Waals surface area (Å²) in [6, 6.07) is 4.11. The summed E-state index contributed by atoms with van der Waals surface area (Å²) in [5.74, 6) is -0.533. The number of halogens is 3. The number of ether oxygens (including phenoxy) is 1. The molecule has 0 radical (unpaired) electrons. The Morgan fingerprint density at radius 2 is 2.14 bits per heavy atom. The lowest BCUT2D eigenvalue weighted by atomic mass is 10.2. The Hall–Kier alpha value is -3.52. The van der Waals surface area contributed by atoms with Crippen LogP contribution in [0.1, 0.15) is 5.01 Å². The van der Waals surface area contributed by atoms with E-state index in [1.807, 2.05) is 10.3 Å². The average Bonchev–Trinajstić information content (AvgIpc) is 3.44. The normalized spacial score (nSPS) is 18.3. The average molecular weight is 526 g/mol. The van der Waals surface area contributed by atoms with Crippen LogP contribution in [0, 0.1) is 5.82 Å². The molecule has 2 aliphatic heterocycles. The number of hydrazine groups is 1. The molecule has 0 spiro atoms. The van der Waals surface area contributed by atoms with Gasteiger partial charge in [0.05, 0.1) is 43.3 Å². The Morgan fingerprint density at radius 3 is 2.86 bits per heavy atom.